The Kier molecular flexibility index (Phi) is 3.51. The second-order valence-corrected chi connectivity index (χ2v) is 3.88. The quantitative estimate of drug-likeness (QED) is 0.720. The van der Waals surface area contributed by atoms with Gasteiger partial charge in [0, 0.05) is 12.0 Å². The molecule has 84 valence electrons. The molecule has 0 saturated heterocycles. The van der Waals surface area contributed by atoms with Crippen LogP contribution in [-0.4, -0.2) is 5.78 Å². The largest absolute Gasteiger partial charge is 0.294 e. The molecule has 0 fully saturated rings. The van der Waals surface area contributed by atoms with E-state index in [1.807, 2.05) is 54.6 Å². The van der Waals surface area contributed by atoms with Gasteiger partial charge in [-0.15, -0.1) is 0 Å². The lowest BCUT2D eigenvalue weighted by Gasteiger charge is -2.04. The maximum atomic E-state index is 12.1. The molecule has 0 aliphatic heterocycles. The van der Waals surface area contributed by atoms with Gasteiger partial charge in [0.15, 0.2) is 5.78 Å². The lowest BCUT2D eigenvalue weighted by Crippen LogP contribution is -2.05. The van der Waals surface area contributed by atoms with E-state index in [2.05, 4.69) is 6.58 Å². The summed E-state index contributed by atoms with van der Waals surface area (Å²) in [4.78, 5) is 12.1. The van der Waals surface area contributed by atoms with Gasteiger partial charge in [-0.25, -0.2) is 0 Å². The van der Waals surface area contributed by atoms with Crippen LogP contribution in [0.1, 0.15) is 21.5 Å². The SMILES string of the molecule is C=Cc1ccccc1C(=O)Cc1ccccc1. The molecule has 0 bridgehead atoms. The zero-order valence-electron chi connectivity index (χ0n) is 9.60. The Hall–Kier alpha value is -2.15. The molecule has 2 rings (SSSR count). The molecule has 17 heavy (non-hydrogen) atoms. The summed E-state index contributed by atoms with van der Waals surface area (Å²) in [7, 11) is 0. The molecule has 0 aliphatic carbocycles. The molecule has 0 atom stereocenters. The number of hydrogen-bond acceptors (Lipinski definition) is 1. The molecule has 1 nitrogen and oxygen atoms in total. The summed E-state index contributed by atoms with van der Waals surface area (Å²) in [5, 5.41) is 0. The summed E-state index contributed by atoms with van der Waals surface area (Å²) in [6, 6.07) is 17.3. The van der Waals surface area contributed by atoms with Gasteiger partial charge in [0.2, 0.25) is 0 Å². The molecule has 0 spiro atoms. The highest BCUT2D eigenvalue weighted by atomic mass is 16.1. The van der Waals surface area contributed by atoms with Crippen molar-refractivity contribution in [2.24, 2.45) is 0 Å². The van der Waals surface area contributed by atoms with E-state index in [4.69, 9.17) is 0 Å². The molecule has 0 N–H and O–H groups in total. The van der Waals surface area contributed by atoms with Crippen molar-refractivity contribution in [3.63, 3.8) is 0 Å². The number of carbonyl (C=O) groups is 1. The zero-order chi connectivity index (χ0) is 12.1. The van der Waals surface area contributed by atoms with Crippen molar-refractivity contribution in [1.82, 2.24) is 0 Å². The molecule has 1 heteroatoms. The zero-order valence-corrected chi connectivity index (χ0v) is 9.60. The van der Waals surface area contributed by atoms with E-state index in [0.717, 1.165) is 16.7 Å². The van der Waals surface area contributed by atoms with Crippen molar-refractivity contribution in [1.29, 1.82) is 0 Å². The summed E-state index contributed by atoms with van der Waals surface area (Å²) in [6.07, 6.45) is 2.16. The van der Waals surface area contributed by atoms with E-state index in [9.17, 15) is 4.79 Å². The average molecular weight is 222 g/mol. The third-order valence-corrected chi connectivity index (χ3v) is 2.69. The van der Waals surface area contributed by atoms with Crippen molar-refractivity contribution < 1.29 is 4.79 Å². The van der Waals surface area contributed by atoms with E-state index in [1.165, 1.54) is 0 Å². The fourth-order valence-corrected chi connectivity index (χ4v) is 1.81. The molecular weight excluding hydrogens is 208 g/mol. The highest BCUT2D eigenvalue weighted by Gasteiger charge is 2.09. The van der Waals surface area contributed by atoms with E-state index < -0.39 is 0 Å². The molecule has 0 heterocycles. The van der Waals surface area contributed by atoms with Crippen molar-refractivity contribution in [2.45, 2.75) is 6.42 Å². The highest BCUT2D eigenvalue weighted by Crippen LogP contribution is 2.13. The van der Waals surface area contributed by atoms with Crippen molar-refractivity contribution in [3.05, 3.63) is 77.9 Å². The van der Waals surface area contributed by atoms with Gasteiger partial charge in [-0.1, -0.05) is 67.3 Å². The first-order valence-electron chi connectivity index (χ1n) is 5.60. The summed E-state index contributed by atoms with van der Waals surface area (Å²) in [5.74, 6) is 0.131. The topological polar surface area (TPSA) is 17.1 Å². The van der Waals surface area contributed by atoms with Crippen LogP contribution in [0.2, 0.25) is 0 Å². The number of Topliss-reactive ketones (excluding diaryl/α,β-unsaturated/α-hetero) is 1. The lowest BCUT2D eigenvalue weighted by atomic mass is 9.98. The second kappa shape index (κ2) is 5.26. The van der Waals surface area contributed by atoms with Gasteiger partial charge in [-0.05, 0) is 11.1 Å². The van der Waals surface area contributed by atoms with Crippen LogP contribution in [0.5, 0.6) is 0 Å². The van der Waals surface area contributed by atoms with Crippen LogP contribution in [0.25, 0.3) is 6.08 Å². The number of benzene rings is 2. The van der Waals surface area contributed by atoms with Gasteiger partial charge < -0.3 is 0 Å². The van der Waals surface area contributed by atoms with Crippen molar-refractivity contribution >= 4 is 11.9 Å². The molecule has 0 aromatic heterocycles. The van der Waals surface area contributed by atoms with Gasteiger partial charge in [-0.2, -0.15) is 0 Å². The Bertz CT molecular complexity index is 526. The van der Waals surface area contributed by atoms with E-state index in [1.54, 1.807) is 6.08 Å². The number of carbonyl (C=O) groups excluding carboxylic acids is 1. The first-order valence-corrected chi connectivity index (χ1v) is 5.60. The molecule has 0 saturated carbocycles. The lowest BCUT2D eigenvalue weighted by molar-refractivity contribution is 0.0993. The van der Waals surface area contributed by atoms with Crippen LogP contribution >= 0.6 is 0 Å². The summed E-state index contributed by atoms with van der Waals surface area (Å²) >= 11 is 0. The molecule has 2 aromatic carbocycles. The van der Waals surface area contributed by atoms with Crippen LogP contribution in [0.3, 0.4) is 0 Å². The number of hydrogen-bond donors (Lipinski definition) is 0. The minimum absolute atomic E-state index is 0.131. The Morgan fingerprint density at radius 1 is 1.00 bits per heavy atom. The maximum absolute atomic E-state index is 12.1. The first kappa shape index (κ1) is 11.3. The molecule has 0 amide bonds. The van der Waals surface area contributed by atoms with Crippen molar-refractivity contribution in [2.75, 3.05) is 0 Å². The number of ketones is 1. The van der Waals surface area contributed by atoms with Gasteiger partial charge >= 0.3 is 0 Å². The Morgan fingerprint density at radius 3 is 2.35 bits per heavy atom. The highest BCUT2D eigenvalue weighted by molar-refractivity contribution is 6.00. The van der Waals surface area contributed by atoms with E-state index >= 15 is 0 Å². The predicted molar refractivity (Wildman–Crippen MR) is 71.0 cm³/mol. The maximum Gasteiger partial charge on any atom is 0.167 e. The Morgan fingerprint density at radius 2 is 1.65 bits per heavy atom. The fourth-order valence-electron chi connectivity index (χ4n) is 1.81. The third-order valence-electron chi connectivity index (χ3n) is 2.69. The van der Waals surface area contributed by atoms with E-state index in [-0.39, 0.29) is 5.78 Å². The summed E-state index contributed by atoms with van der Waals surface area (Å²) in [6.45, 7) is 3.73. The number of rotatable bonds is 4. The van der Waals surface area contributed by atoms with Crippen LogP contribution in [0, 0.1) is 0 Å². The standard InChI is InChI=1S/C16H14O/c1-2-14-10-6-7-11-15(14)16(17)12-13-8-4-3-5-9-13/h2-11H,1,12H2. The van der Waals surface area contributed by atoms with Gasteiger partial charge in [0.1, 0.15) is 0 Å². The van der Waals surface area contributed by atoms with Gasteiger partial charge in [-0.3, -0.25) is 4.79 Å². The van der Waals surface area contributed by atoms with E-state index in [0.29, 0.717) is 6.42 Å². The minimum Gasteiger partial charge on any atom is -0.294 e. The van der Waals surface area contributed by atoms with Gasteiger partial charge in [0.25, 0.3) is 0 Å². The molecule has 0 aliphatic rings. The smallest absolute Gasteiger partial charge is 0.167 e. The second-order valence-electron chi connectivity index (χ2n) is 3.88. The van der Waals surface area contributed by atoms with Crippen LogP contribution < -0.4 is 0 Å². The molecule has 0 unspecified atom stereocenters. The summed E-state index contributed by atoms with van der Waals surface area (Å²) < 4.78 is 0. The predicted octanol–water partition coefficient (Wildman–Crippen LogP) is 3.76. The molecule has 0 radical (unpaired) electrons. The first-order chi connectivity index (χ1) is 8.31. The van der Waals surface area contributed by atoms with Crippen LogP contribution in [0.4, 0.5) is 0 Å². The molecular formula is C16H14O. The average Bonchev–Trinajstić information content (AvgIpc) is 2.40. The third kappa shape index (κ3) is 2.70. The van der Waals surface area contributed by atoms with Crippen LogP contribution in [0.15, 0.2) is 61.2 Å². The van der Waals surface area contributed by atoms with Crippen LogP contribution in [-0.2, 0) is 6.42 Å². The monoisotopic (exact) mass is 222 g/mol. The Balaban J connectivity index is 2.23. The van der Waals surface area contributed by atoms with Gasteiger partial charge in [0.05, 0.1) is 0 Å². The van der Waals surface area contributed by atoms with Crippen molar-refractivity contribution in [3.8, 4) is 0 Å². The minimum atomic E-state index is 0.131. The normalized spacial score (nSPS) is 9.88. The molecule has 2 aromatic rings. The Labute approximate surface area is 101 Å². The fraction of sp³-hybridized carbons (Fsp3) is 0.0625. The summed E-state index contributed by atoms with van der Waals surface area (Å²) in [5.41, 5.74) is 2.68.